The predicted molar refractivity (Wildman–Crippen MR) is 100 cm³/mol. The van der Waals surface area contributed by atoms with Gasteiger partial charge in [0.2, 0.25) is 0 Å². The Bertz CT molecular complexity index is 636. The summed E-state index contributed by atoms with van der Waals surface area (Å²) < 4.78 is 0. The number of carbonyl (C=O) groups excluding carboxylic acids is 1. The summed E-state index contributed by atoms with van der Waals surface area (Å²) in [7, 11) is 1.64. The molecule has 25 heavy (non-hydrogen) atoms. The van der Waals surface area contributed by atoms with Gasteiger partial charge in [0.1, 0.15) is 12.9 Å². The van der Waals surface area contributed by atoms with Crippen molar-refractivity contribution in [2.75, 3.05) is 7.11 Å². The summed E-state index contributed by atoms with van der Waals surface area (Å²) in [6.07, 6.45) is 12.0. The highest BCUT2D eigenvalue weighted by atomic mass is 16.6. The fourth-order valence-electron chi connectivity index (χ4n) is 7.43. The molecule has 0 aliphatic heterocycles. The van der Waals surface area contributed by atoms with Gasteiger partial charge in [0.25, 0.3) is 0 Å². The van der Waals surface area contributed by atoms with E-state index < -0.39 is 0 Å². The number of oxime groups is 1. The van der Waals surface area contributed by atoms with E-state index in [0.717, 1.165) is 36.3 Å². The zero-order valence-electron chi connectivity index (χ0n) is 16.3. The van der Waals surface area contributed by atoms with E-state index in [1.807, 2.05) is 6.92 Å². The van der Waals surface area contributed by atoms with Gasteiger partial charge >= 0.3 is 0 Å². The first-order valence-corrected chi connectivity index (χ1v) is 10.2. The van der Waals surface area contributed by atoms with Crippen LogP contribution in [-0.2, 0) is 9.63 Å². The van der Waals surface area contributed by atoms with Gasteiger partial charge in [0.05, 0.1) is 5.71 Å². The molecule has 4 rings (SSSR count). The Morgan fingerprint density at radius 3 is 2.64 bits per heavy atom. The molecule has 138 valence electrons. The molecule has 0 spiro atoms. The Hall–Kier alpha value is -1.12. The van der Waals surface area contributed by atoms with E-state index in [1.54, 1.807) is 12.7 Å². The van der Waals surface area contributed by atoms with Crippen LogP contribution in [0.5, 0.6) is 0 Å². The van der Waals surface area contributed by atoms with E-state index in [2.05, 4.69) is 25.1 Å². The Kier molecular flexibility index (Phi) is 4.12. The third kappa shape index (κ3) is 2.44. The summed E-state index contributed by atoms with van der Waals surface area (Å²) in [6.45, 7) is 6.77. The molecule has 4 aliphatic carbocycles. The van der Waals surface area contributed by atoms with Gasteiger partial charge < -0.3 is 4.84 Å². The number of rotatable bonds is 2. The zero-order chi connectivity index (χ0) is 17.8. The van der Waals surface area contributed by atoms with Crippen molar-refractivity contribution < 1.29 is 9.63 Å². The SMILES string of the molecule is CO/N=C1\C=C2CC[C@H]3[C@@H]4CC[C@H](C(C)=O)[C@@]4(C)CC[C@@H]3[C@@]2(C)CC1. The molecule has 0 bridgehead atoms. The van der Waals surface area contributed by atoms with Crippen molar-refractivity contribution in [1.29, 1.82) is 0 Å². The Morgan fingerprint density at radius 2 is 1.92 bits per heavy atom. The number of hydrogen-bond acceptors (Lipinski definition) is 3. The number of Topliss-reactive ketones (excluding diaryl/α,β-unsaturated/α-hetero) is 1. The van der Waals surface area contributed by atoms with Gasteiger partial charge in [-0.1, -0.05) is 24.6 Å². The molecule has 0 radical (unpaired) electrons. The van der Waals surface area contributed by atoms with E-state index in [4.69, 9.17) is 4.84 Å². The van der Waals surface area contributed by atoms with E-state index in [0.29, 0.717) is 17.1 Å². The molecule has 0 N–H and O–H groups in total. The minimum Gasteiger partial charge on any atom is -0.399 e. The van der Waals surface area contributed by atoms with Crippen LogP contribution < -0.4 is 0 Å². The van der Waals surface area contributed by atoms with Crippen LogP contribution in [0.2, 0.25) is 0 Å². The minimum absolute atomic E-state index is 0.266. The summed E-state index contributed by atoms with van der Waals surface area (Å²) in [5.74, 6) is 3.11. The Balaban J connectivity index is 1.64. The number of fused-ring (bicyclic) bond motifs is 5. The molecule has 3 fully saturated rings. The zero-order valence-corrected chi connectivity index (χ0v) is 16.3. The van der Waals surface area contributed by atoms with Crippen molar-refractivity contribution in [1.82, 2.24) is 0 Å². The second-order valence-corrected chi connectivity index (χ2v) is 9.55. The molecule has 3 saturated carbocycles. The van der Waals surface area contributed by atoms with E-state index >= 15 is 0 Å². The second-order valence-electron chi connectivity index (χ2n) is 9.55. The average Bonchev–Trinajstić information content (AvgIpc) is 2.93. The summed E-state index contributed by atoms with van der Waals surface area (Å²) in [5.41, 5.74) is 3.33. The lowest BCUT2D eigenvalue weighted by Gasteiger charge is -2.58. The van der Waals surface area contributed by atoms with Crippen molar-refractivity contribution in [2.45, 2.75) is 72.1 Å². The molecule has 3 heteroatoms. The van der Waals surface area contributed by atoms with Crippen LogP contribution in [0.25, 0.3) is 0 Å². The molecular formula is C22H33NO2. The lowest BCUT2D eigenvalue weighted by Crippen LogP contribution is -2.51. The van der Waals surface area contributed by atoms with E-state index in [-0.39, 0.29) is 5.41 Å². The Labute approximate surface area is 152 Å². The van der Waals surface area contributed by atoms with Crippen molar-refractivity contribution in [3.63, 3.8) is 0 Å². The van der Waals surface area contributed by atoms with Crippen molar-refractivity contribution >= 4 is 11.5 Å². The topological polar surface area (TPSA) is 38.7 Å². The van der Waals surface area contributed by atoms with Gasteiger partial charge in [-0.2, -0.15) is 0 Å². The molecule has 0 aromatic heterocycles. The fraction of sp³-hybridized carbons (Fsp3) is 0.818. The highest BCUT2D eigenvalue weighted by Gasteiger charge is 2.59. The van der Waals surface area contributed by atoms with Gasteiger partial charge in [0, 0.05) is 5.92 Å². The van der Waals surface area contributed by atoms with Crippen LogP contribution in [-0.4, -0.2) is 18.6 Å². The molecule has 0 amide bonds. The predicted octanol–water partition coefficient (Wildman–Crippen LogP) is 5.16. The molecule has 6 atom stereocenters. The third-order valence-electron chi connectivity index (χ3n) is 8.68. The lowest BCUT2D eigenvalue weighted by atomic mass is 9.46. The minimum atomic E-state index is 0.266. The van der Waals surface area contributed by atoms with E-state index in [9.17, 15) is 4.79 Å². The van der Waals surface area contributed by atoms with Crippen LogP contribution in [0.1, 0.15) is 72.1 Å². The number of nitrogens with zero attached hydrogens (tertiary/aromatic N) is 1. The van der Waals surface area contributed by atoms with Crippen molar-refractivity contribution in [2.24, 2.45) is 39.7 Å². The van der Waals surface area contributed by atoms with Crippen molar-refractivity contribution in [3.8, 4) is 0 Å². The molecule has 0 heterocycles. The molecule has 3 nitrogen and oxygen atoms in total. The lowest BCUT2D eigenvalue weighted by molar-refractivity contribution is -0.127. The molecule has 0 aromatic rings. The number of ketones is 1. The second kappa shape index (κ2) is 5.96. The van der Waals surface area contributed by atoms with E-state index in [1.165, 1.54) is 38.5 Å². The fourth-order valence-corrected chi connectivity index (χ4v) is 7.43. The quantitative estimate of drug-likeness (QED) is 0.650. The maximum Gasteiger partial charge on any atom is 0.133 e. The van der Waals surface area contributed by atoms with Gasteiger partial charge in [-0.05, 0) is 93.0 Å². The van der Waals surface area contributed by atoms with Gasteiger partial charge in [-0.15, -0.1) is 0 Å². The van der Waals surface area contributed by atoms with Crippen LogP contribution in [0.4, 0.5) is 0 Å². The summed E-state index contributed by atoms with van der Waals surface area (Å²) >= 11 is 0. The summed E-state index contributed by atoms with van der Waals surface area (Å²) in [6, 6.07) is 0. The highest BCUT2D eigenvalue weighted by molar-refractivity contribution is 5.96. The molecule has 0 aromatic carbocycles. The first kappa shape index (κ1) is 17.3. The largest absolute Gasteiger partial charge is 0.399 e. The van der Waals surface area contributed by atoms with Gasteiger partial charge in [0.15, 0.2) is 0 Å². The number of carbonyl (C=O) groups is 1. The summed E-state index contributed by atoms with van der Waals surface area (Å²) in [4.78, 5) is 17.2. The van der Waals surface area contributed by atoms with Crippen LogP contribution in [0.3, 0.4) is 0 Å². The monoisotopic (exact) mass is 343 g/mol. The number of hydrogen-bond donors (Lipinski definition) is 0. The first-order valence-electron chi connectivity index (χ1n) is 10.2. The number of allylic oxidation sites excluding steroid dienone is 2. The van der Waals surface area contributed by atoms with Crippen molar-refractivity contribution in [3.05, 3.63) is 11.6 Å². The summed E-state index contributed by atoms with van der Waals surface area (Å²) in [5, 5.41) is 4.21. The van der Waals surface area contributed by atoms with Gasteiger partial charge in [-0.3, -0.25) is 4.79 Å². The van der Waals surface area contributed by atoms with Crippen LogP contribution in [0.15, 0.2) is 16.8 Å². The molecular weight excluding hydrogens is 310 g/mol. The smallest absolute Gasteiger partial charge is 0.133 e. The van der Waals surface area contributed by atoms with Crippen LogP contribution in [0, 0.1) is 34.5 Å². The molecule has 0 saturated heterocycles. The normalized spacial score (nSPS) is 47.5. The maximum atomic E-state index is 12.2. The van der Waals surface area contributed by atoms with Gasteiger partial charge in [-0.25, -0.2) is 0 Å². The highest BCUT2D eigenvalue weighted by Crippen LogP contribution is 2.66. The third-order valence-corrected chi connectivity index (χ3v) is 8.68. The molecule has 0 unspecified atom stereocenters. The standard InChI is InChI=1S/C22H33NO2/c1-14(24)18-7-8-19-17-6-5-15-13-16(23-25-4)9-11-21(15,2)20(17)10-12-22(18,19)3/h13,17-20H,5-12H2,1-4H3/b23-16-/t17-,18+,19-,20-,21-,22+/m0/s1. The Morgan fingerprint density at radius 1 is 1.12 bits per heavy atom. The first-order chi connectivity index (χ1) is 11.9. The average molecular weight is 344 g/mol. The van der Waals surface area contributed by atoms with Crippen LogP contribution >= 0.6 is 0 Å². The molecule has 4 aliphatic rings. The maximum absolute atomic E-state index is 12.2.